The molecule has 2 aromatic rings. The smallest absolute Gasteiger partial charge is 0.119 e. The van der Waals surface area contributed by atoms with Crippen molar-refractivity contribution in [3.8, 4) is 11.5 Å². The highest BCUT2D eigenvalue weighted by Crippen LogP contribution is 2.19. The van der Waals surface area contributed by atoms with Gasteiger partial charge in [0.15, 0.2) is 0 Å². The molecule has 0 radical (unpaired) electrons. The van der Waals surface area contributed by atoms with E-state index in [0.29, 0.717) is 0 Å². The summed E-state index contributed by atoms with van der Waals surface area (Å²) >= 11 is 0. The molecule has 0 unspecified atom stereocenters. The molecule has 27 heavy (non-hydrogen) atoms. The van der Waals surface area contributed by atoms with Crippen LogP contribution in [0.15, 0.2) is 48.5 Å². The van der Waals surface area contributed by atoms with Gasteiger partial charge in [-0.25, -0.2) is 0 Å². The fourth-order valence-electron chi connectivity index (χ4n) is 2.44. The van der Waals surface area contributed by atoms with Crippen LogP contribution in [0, 0.1) is 0 Å². The number of nitrogens with zero attached hydrogens (tertiary/aromatic N) is 2. The van der Waals surface area contributed by atoms with Crippen LogP contribution in [0.2, 0.25) is 0 Å². The lowest BCUT2D eigenvalue weighted by atomic mass is 10.2. The number of rotatable bonds is 10. The van der Waals surface area contributed by atoms with Crippen LogP contribution in [0.25, 0.3) is 0 Å². The normalized spacial score (nSPS) is 9.63. The summed E-state index contributed by atoms with van der Waals surface area (Å²) in [5.74, 6) is 1.87. The van der Waals surface area contributed by atoms with E-state index in [1.807, 2.05) is 52.5 Å². The van der Waals surface area contributed by atoms with Gasteiger partial charge in [0.2, 0.25) is 0 Å². The summed E-state index contributed by atoms with van der Waals surface area (Å²) in [6.07, 6.45) is 3.18. The standard InChI is InChI=1S/C21H30N2O2.2ClH/c1-22(2)18-8-12-20(13-9-18)24-16-6-5-7-17-25-21-14-10-19(11-15-21)23(3)4;;/h8-15H,5-7,16-17H2,1-4H3;2*1H. The summed E-state index contributed by atoms with van der Waals surface area (Å²) < 4.78 is 11.6. The van der Waals surface area contributed by atoms with E-state index in [4.69, 9.17) is 9.47 Å². The minimum Gasteiger partial charge on any atom is -0.494 e. The highest BCUT2D eigenvalue weighted by molar-refractivity contribution is 5.85. The molecule has 0 aliphatic carbocycles. The van der Waals surface area contributed by atoms with Crippen molar-refractivity contribution in [3.05, 3.63) is 48.5 Å². The third-order valence-corrected chi connectivity index (χ3v) is 4.03. The lowest BCUT2D eigenvalue weighted by Crippen LogP contribution is -2.08. The van der Waals surface area contributed by atoms with Gasteiger partial charge in [-0.3, -0.25) is 0 Å². The molecule has 2 rings (SSSR count). The van der Waals surface area contributed by atoms with Crippen LogP contribution >= 0.6 is 24.8 Å². The zero-order chi connectivity index (χ0) is 18.1. The summed E-state index contributed by atoms with van der Waals surface area (Å²) in [6, 6.07) is 16.4. The van der Waals surface area contributed by atoms with Crippen molar-refractivity contribution < 1.29 is 9.47 Å². The average molecular weight is 415 g/mol. The molecule has 4 nitrogen and oxygen atoms in total. The van der Waals surface area contributed by atoms with E-state index in [-0.39, 0.29) is 24.8 Å². The Morgan fingerprint density at radius 1 is 0.556 bits per heavy atom. The number of benzene rings is 2. The maximum atomic E-state index is 5.78. The second-order valence-corrected chi connectivity index (χ2v) is 6.53. The minimum absolute atomic E-state index is 0. The number of unbranched alkanes of at least 4 members (excludes halogenated alkanes) is 2. The highest BCUT2D eigenvalue weighted by Gasteiger charge is 1.99. The molecule has 0 saturated heterocycles. The first-order valence-corrected chi connectivity index (χ1v) is 8.86. The lowest BCUT2D eigenvalue weighted by Gasteiger charge is -2.13. The van der Waals surface area contributed by atoms with E-state index in [0.717, 1.165) is 44.0 Å². The molecule has 0 amide bonds. The number of halogens is 2. The van der Waals surface area contributed by atoms with Gasteiger partial charge >= 0.3 is 0 Å². The third-order valence-electron chi connectivity index (χ3n) is 4.03. The van der Waals surface area contributed by atoms with Gasteiger partial charge in [-0.05, 0) is 67.8 Å². The Labute approximate surface area is 176 Å². The van der Waals surface area contributed by atoms with Crippen molar-refractivity contribution in [2.75, 3.05) is 51.2 Å². The van der Waals surface area contributed by atoms with Crippen LogP contribution in [0.1, 0.15) is 19.3 Å². The number of ether oxygens (including phenoxy) is 2. The van der Waals surface area contributed by atoms with Crippen molar-refractivity contribution in [2.45, 2.75) is 19.3 Å². The Morgan fingerprint density at radius 2 is 0.889 bits per heavy atom. The van der Waals surface area contributed by atoms with Gasteiger partial charge in [0.1, 0.15) is 11.5 Å². The highest BCUT2D eigenvalue weighted by atomic mass is 35.5. The van der Waals surface area contributed by atoms with E-state index in [2.05, 4.69) is 34.1 Å². The first kappa shape index (κ1) is 25.2. The van der Waals surface area contributed by atoms with E-state index in [1.54, 1.807) is 0 Å². The van der Waals surface area contributed by atoms with Gasteiger partial charge in [0.25, 0.3) is 0 Å². The molecule has 0 saturated carbocycles. The Kier molecular flexibility index (Phi) is 12.5. The van der Waals surface area contributed by atoms with E-state index < -0.39 is 0 Å². The molecule has 6 heteroatoms. The topological polar surface area (TPSA) is 24.9 Å². The molecule has 152 valence electrons. The van der Waals surface area contributed by atoms with Crippen LogP contribution in [-0.2, 0) is 0 Å². The molecular formula is C21H32Cl2N2O2. The molecule has 0 heterocycles. The van der Waals surface area contributed by atoms with Gasteiger partial charge in [-0.1, -0.05) is 0 Å². The number of hydrogen-bond acceptors (Lipinski definition) is 4. The number of hydrogen-bond donors (Lipinski definition) is 0. The zero-order valence-electron chi connectivity index (χ0n) is 16.7. The van der Waals surface area contributed by atoms with E-state index in [1.165, 1.54) is 11.4 Å². The van der Waals surface area contributed by atoms with Crippen molar-refractivity contribution >= 4 is 36.2 Å². The Morgan fingerprint density at radius 3 is 1.19 bits per heavy atom. The maximum Gasteiger partial charge on any atom is 0.119 e. The van der Waals surface area contributed by atoms with Gasteiger partial charge in [0, 0.05) is 39.6 Å². The first-order chi connectivity index (χ1) is 12.1. The predicted octanol–water partition coefficient (Wildman–Crippen LogP) is 5.29. The van der Waals surface area contributed by atoms with Crippen LogP contribution in [-0.4, -0.2) is 41.4 Å². The Bertz CT molecular complexity index is 562. The van der Waals surface area contributed by atoms with Crippen molar-refractivity contribution in [1.29, 1.82) is 0 Å². The minimum atomic E-state index is 0. The fourth-order valence-corrected chi connectivity index (χ4v) is 2.44. The molecule has 0 spiro atoms. The van der Waals surface area contributed by atoms with Crippen molar-refractivity contribution in [2.24, 2.45) is 0 Å². The third kappa shape index (κ3) is 9.12. The summed E-state index contributed by atoms with van der Waals surface area (Å²) in [7, 11) is 8.15. The van der Waals surface area contributed by atoms with Crippen molar-refractivity contribution in [3.63, 3.8) is 0 Å². The fraction of sp³-hybridized carbons (Fsp3) is 0.429. The zero-order valence-corrected chi connectivity index (χ0v) is 18.3. The molecule has 0 N–H and O–H groups in total. The molecule has 0 bridgehead atoms. The van der Waals surface area contributed by atoms with Crippen LogP contribution in [0.3, 0.4) is 0 Å². The SMILES string of the molecule is CN(C)c1ccc(OCCCCCOc2ccc(N(C)C)cc2)cc1.Cl.Cl. The lowest BCUT2D eigenvalue weighted by molar-refractivity contribution is 0.279. The molecule has 0 aliphatic rings. The van der Waals surface area contributed by atoms with Crippen LogP contribution in [0.4, 0.5) is 11.4 Å². The summed E-state index contributed by atoms with van der Waals surface area (Å²) in [6.45, 7) is 1.50. The quantitative estimate of drug-likeness (QED) is 0.493. The average Bonchev–Trinajstić information content (AvgIpc) is 2.61. The first-order valence-electron chi connectivity index (χ1n) is 8.86. The second-order valence-electron chi connectivity index (χ2n) is 6.53. The van der Waals surface area contributed by atoms with E-state index in [9.17, 15) is 0 Å². The van der Waals surface area contributed by atoms with Crippen LogP contribution < -0.4 is 19.3 Å². The van der Waals surface area contributed by atoms with Gasteiger partial charge < -0.3 is 19.3 Å². The summed E-state index contributed by atoms with van der Waals surface area (Å²) in [5.41, 5.74) is 2.37. The second kappa shape index (κ2) is 13.4. The van der Waals surface area contributed by atoms with Gasteiger partial charge in [-0.2, -0.15) is 0 Å². The maximum absolute atomic E-state index is 5.78. The van der Waals surface area contributed by atoms with Gasteiger partial charge in [-0.15, -0.1) is 24.8 Å². The Hall–Kier alpha value is -1.78. The molecule has 0 fully saturated rings. The molecule has 2 aromatic carbocycles. The molecular weight excluding hydrogens is 383 g/mol. The molecule has 0 aromatic heterocycles. The van der Waals surface area contributed by atoms with E-state index >= 15 is 0 Å². The largest absolute Gasteiger partial charge is 0.494 e. The summed E-state index contributed by atoms with van der Waals surface area (Å²) in [5, 5.41) is 0. The Balaban J connectivity index is 0.00000338. The molecule has 0 aliphatic heterocycles. The molecule has 0 atom stereocenters. The monoisotopic (exact) mass is 414 g/mol. The van der Waals surface area contributed by atoms with Crippen LogP contribution in [0.5, 0.6) is 11.5 Å². The predicted molar refractivity (Wildman–Crippen MR) is 121 cm³/mol. The summed E-state index contributed by atoms with van der Waals surface area (Å²) in [4.78, 5) is 4.16. The number of anilines is 2. The van der Waals surface area contributed by atoms with Gasteiger partial charge in [0.05, 0.1) is 13.2 Å². The van der Waals surface area contributed by atoms with Crippen molar-refractivity contribution in [1.82, 2.24) is 0 Å².